The highest BCUT2D eigenvalue weighted by Gasteiger charge is 2.16. The zero-order chi connectivity index (χ0) is 16.7. The molecule has 0 aliphatic carbocycles. The average molecular weight is 330 g/mol. The van der Waals surface area contributed by atoms with Gasteiger partial charge in [0.25, 0.3) is 5.69 Å². The summed E-state index contributed by atoms with van der Waals surface area (Å²) in [5.74, 6) is 0. The van der Waals surface area contributed by atoms with E-state index in [0.29, 0.717) is 0 Å². The number of rotatable bonds is 7. The second-order valence-electron chi connectivity index (χ2n) is 5.45. The molecule has 0 amide bonds. The van der Waals surface area contributed by atoms with Crippen molar-refractivity contribution in [3.05, 3.63) is 70.3 Å². The fourth-order valence-electron chi connectivity index (χ4n) is 1.81. The van der Waals surface area contributed by atoms with Crippen LogP contribution in [0.5, 0.6) is 0 Å². The first-order chi connectivity index (χ1) is 11.0. The third-order valence-corrected chi connectivity index (χ3v) is 4.08. The highest BCUT2D eigenvalue weighted by molar-refractivity contribution is 8.01. The summed E-state index contributed by atoms with van der Waals surface area (Å²) in [4.78, 5) is 16.6. The zero-order valence-electron chi connectivity index (χ0n) is 13.0. The third-order valence-electron chi connectivity index (χ3n) is 2.94. The Balaban J connectivity index is 1.84. The molecule has 2 aromatic rings. The number of oxime groups is 1. The van der Waals surface area contributed by atoms with Gasteiger partial charge in [0, 0.05) is 17.0 Å². The van der Waals surface area contributed by atoms with E-state index >= 15 is 0 Å². The minimum Gasteiger partial charge on any atom is -0.391 e. The first-order valence-corrected chi connectivity index (χ1v) is 7.92. The molecule has 0 bridgehead atoms. The number of nitro groups is 1. The van der Waals surface area contributed by atoms with Crippen LogP contribution < -0.4 is 0 Å². The third kappa shape index (κ3) is 5.75. The van der Waals surface area contributed by atoms with Gasteiger partial charge in [-0.05, 0) is 43.7 Å². The maximum absolute atomic E-state index is 10.6. The van der Waals surface area contributed by atoms with Crippen LogP contribution in [0.1, 0.15) is 19.4 Å². The second kappa shape index (κ2) is 7.78. The van der Waals surface area contributed by atoms with Gasteiger partial charge in [-0.3, -0.25) is 10.1 Å². The Morgan fingerprint density at radius 2 is 1.83 bits per heavy atom. The summed E-state index contributed by atoms with van der Waals surface area (Å²) in [7, 11) is 0. The van der Waals surface area contributed by atoms with E-state index in [2.05, 4.69) is 31.1 Å². The van der Waals surface area contributed by atoms with Crippen LogP contribution >= 0.6 is 11.8 Å². The van der Waals surface area contributed by atoms with Gasteiger partial charge in [-0.1, -0.05) is 23.4 Å². The first-order valence-electron chi connectivity index (χ1n) is 7.10. The van der Waals surface area contributed by atoms with Crippen molar-refractivity contribution in [2.75, 3.05) is 0 Å². The van der Waals surface area contributed by atoms with Crippen molar-refractivity contribution >= 4 is 23.7 Å². The Bertz CT molecular complexity index is 670. The lowest BCUT2D eigenvalue weighted by atomic mass is 10.2. The smallest absolute Gasteiger partial charge is 0.269 e. The summed E-state index contributed by atoms with van der Waals surface area (Å²) < 4.78 is -0.198. The quantitative estimate of drug-likeness (QED) is 0.320. The van der Waals surface area contributed by atoms with Gasteiger partial charge in [0.05, 0.1) is 15.9 Å². The molecule has 0 saturated carbocycles. The molecule has 0 atom stereocenters. The molecule has 6 heteroatoms. The van der Waals surface area contributed by atoms with E-state index in [1.165, 1.54) is 17.0 Å². The maximum Gasteiger partial charge on any atom is 0.269 e. The molecule has 0 aromatic heterocycles. The van der Waals surface area contributed by atoms with Crippen LogP contribution in [0.15, 0.2) is 64.6 Å². The van der Waals surface area contributed by atoms with Crippen LogP contribution in [-0.2, 0) is 11.4 Å². The molecule has 2 rings (SSSR count). The van der Waals surface area contributed by atoms with Gasteiger partial charge >= 0.3 is 0 Å². The highest BCUT2D eigenvalue weighted by Crippen LogP contribution is 2.30. The van der Waals surface area contributed by atoms with Gasteiger partial charge in [-0.25, -0.2) is 0 Å². The summed E-state index contributed by atoms with van der Waals surface area (Å²) in [5, 5.41) is 14.6. The van der Waals surface area contributed by atoms with Crippen molar-refractivity contribution in [3.63, 3.8) is 0 Å². The van der Waals surface area contributed by atoms with Crippen molar-refractivity contribution in [2.45, 2.75) is 30.1 Å². The van der Waals surface area contributed by atoms with Crippen molar-refractivity contribution < 1.29 is 9.76 Å². The summed E-state index contributed by atoms with van der Waals surface area (Å²) >= 11 is 1.69. The molecule has 0 N–H and O–H groups in total. The molecule has 0 aliphatic rings. The van der Waals surface area contributed by atoms with Crippen molar-refractivity contribution in [2.24, 2.45) is 5.16 Å². The minimum atomic E-state index is -0.424. The normalized spacial score (nSPS) is 11.6. The lowest BCUT2D eigenvalue weighted by molar-refractivity contribution is -0.384. The van der Waals surface area contributed by atoms with Crippen molar-refractivity contribution in [1.29, 1.82) is 0 Å². The second-order valence-corrected chi connectivity index (χ2v) is 7.18. The summed E-state index contributed by atoms with van der Waals surface area (Å²) in [6.45, 7) is 4.40. The number of hydrogen-bond acceptors (Lipinski definition) is 5. The van der Waals surface area contributed by atoms with Crippen LogP contribution in [0, 0.1) is 10.1 Å². The van der Waals surface area contributed by atoms with Crippen LogP contribution in [0.25, 0.3) is 0 Å². The topological polar surface area (TPSA) is 64.7 Å². The standard InChI is InChI=1S/C17H18N2O3S/c1-17(2,23-16-6-4-3-5-7-16)13-18-22-12-14-8-10-15(11-9-14)19(20)21/h3-11,13H,12H2,1-2H3. The molecule has 0 saturated heterocycles. The molecule has 0 spiro atoms. The molecule has 0 heterocycles. The van der Waals surface area contributed by atoms with Crippen molar-refractivity contribution in [1.82, 2.24) is 0 Å². The van der Waals surface area contributed by atoms with Gasteiger partial charge in [0.15, 0.2) is 0 Å². The predicted molar refractivity (Wildman–Crippen MR) is 92.8 cm³/mol. The van der Waals surface area contributed by atoms with Gasteiger partial charge in [-0.15, -0.1) is 11.8 Å². The number of non-ortho nitro benzene ring substituents is 1. The predicted octanol–water partition coefficient (Wildman–Crippen LogP) is 4.67. The molecular weight excluding hydrogens is 312 g/mol. The van der Waals surface area contributed by atoms with E-state index in [1.807, 2.05) is 18.2 Å². The molecule has 120 valence electrons. The molecule has 2 aromatic carbocycles. The molecule has 23 heavy (non-hydrogen) atoms. The average Bonchev–Trinajstić information content (AvgIpc) is 2.52. The molecule has 0 unspecified atom stereocenters. The van der Waals surface area contributed by atoms with E-state index in [0.717, 1.165) is 5.56 Å². The zero-order valence-corrected chi connectivity index (χ0v) is 13.8. The van der Waals surface area contributed by atoms with Crippen molar-refractivity contribution in [3.8, 4) is 0 Å². The van der Waals surface area contributed by atoms with Gasteiger partial charge in [-0.2, -0.15) is 0 Å². The fourth-order valence-corrected chi connectivity index (χ4v) is 2.80. The monoisotopic (exact) mass is 330 g/mol. The van der Waals surface area contributed by atoms with E-state index in [9.17, 15) is 10.1 Å². The van der Waals surface area contributed by atoms with Crippen LogP contribution in [-0.4, -0.2) is 15.9 Å². The van der Waals surface area contributed by atoms with Crippen LogP contribution in [0.3, 0.4) is 0 Å². The Hall–Kier alpha value is -2.34. The Morgan fingerprint density at radius 3 is 2.43 bits per heavy atom. The highest BCUT2D eigenvalue weighted by atomic mass is 32.2. The Morgan fingerprint density at radius 1 is 1.17 bits per heavy atom. The first kappa shape index (κ1) is 17.0. The summed E-state index contributed by atoms with van der Waals surface area (Å²) in [6.07, 6.45) is 1.76. The molecule has 0 aliphatic heterocycles. The van der Waals surface area contributed by atoms with E-state index in [4.69, 9.17) is 4.84 Å². The fraction of sp³-hybridized carbons (Fsp3) is 0.235. The van der Waals surface area contributed by atoms with Gasteiger partial charge in [0.1, 0.15) is 6.61 Å². The number of hydrogen-bond donors (Lipinski definition) is 0. The number of nitrogens with zero attached hydrogens (tertiary/aromatic N) is 2. The molecule has 0 fully saturated rings. The molecule has 0 radical (unpaired) electrons. The Labute approximate surface area is 139 Å². The van der Waals surface area contributed by atoms with Crippen LogP contribution in [0.2, 0.25) is 0 Å². The van der Waals surface area contributed by atoms with Gasteiger partial charge in [0.2, 0.25) is 0 Å². The lowest BCUT2D eigenvalue weighted by Gasteiger charge is -2.18. The number of thioether (sulfide) groups is 1. The largest absolute Gasteiger partial charge is 0.391 e. The van der Waals surface area contributed by atoms with E-state index < -0.39 is 4.92 Å². The number of nitro benzene ring substituents is 1. The lowest BCUT2D eigenvalue weighted by Crippen LogP contribution is -2.16. The van der Waals surface area contributed by atoms with Crippen LogP contribution in [0.4, 0.5) is 5.69 Å². The maximum atomic E-state index is 10.6. The molecular formula is C17H18N2O3S. The minimum absolute atomic E-state index is 0.0673. The van der Waals surface area contributed by atoms with E-state index in [-0.39, 0.29) is 17.0 Å². The SMILES string of the molecule is CC(C)(C=NOCc1ccc([N+](=O)[O-])cc1)Sc1ccccc1. The molecule has 5 nitrogen and oxygen atoms in total. The van der Waals surface area contributed by atoms with E-state index in [1.54, 1.807) is 30.1 Å². The van der Waals surface area contributed by atoms with Gasteiger partial charge < -0.3 is 4.84 Å². The summed E-state index contributed by atoms with van der Waals surface area (Å²) in [5.41, 5.74) is 0.902. The Kier molecular flexibility index (Phi) is 5.76. The summed E-state index contributed by atoms with van der Waals surface area (Å²) in [6, 6.07) is 16.3. The number of benzene rings is 2.